The molecule has 7 aliphatic rings. The maximum atomic E-state index is 13.6. The summed E-state index contributed by atoms with van der Waals surface area (Å²) in [5, 5.41) is 0. The first-order valence-corrected chi connectivity index (χ1v) is 14.3. The summed E-state index contributed by atoms with van der Waals surface area (Å²) in [6, 6.07) is 0. The van der Waals surface area contributed by atoms with Gasteiger partial charge in [0.1, 0.15) is 17.8 Å². The van der Waals surface area contributed by atoms with Gasteiger partial charge in [0.05, 0.1) is 11.8 Å². The van der Waals surface area contributed by atoms with E-state index in [1.165, 1.54) is 6.42 Å². The van der Waals surface area contributed by atoms with Crippen LogP contribution >= 0.6 is 0 Å². The number of carbonyl (C=O) groups is 4. The smallest absolute Gasteiger partial charge is 0.377 e. The van der Waals surface area contributed by atoms with Gasteiger partial charge in [0.25, 0.3) is 0 Å². The summed E-state index contributed by atoms with van der Waals surface area (Å²) in [6.07, 6.45) is 3.23. The average molecular weight is 561 g/mol. The molecule has 0 N–H and O–H groups in total. The topological polar surface area (TPSA) is 105 Å². The molecule has 8 radical (unpaired) electrons. The fraction of sp³-hybridized carbons (Fsp3) is 0.840. The SMILES string of the molecule is CC(F)(F)C(=O)OCC(=O)OC1C2CC3C1OC(=O)C3C2C(=O)OC1(C)C2CC3CC(C2)CC1C3.[B]B([B])B([B])[B]. The zero-order valence-electron chi connectivity index (χ0n) is 23.2. The van der Waals surface area contributed by atoms with Gasteiger partial charge in [-0.1, -0.05) is 0 Å². The summed E-state index contributed by atoms with van der Waals surface area (Å²) in [5.41, 5.74) is -0.556. The van der Waals surface area contributed by atoms with Crippen molar-refractivity contribution in [3.8, 4) is 0 Å². The standard InChI is InChI=1S/C25H30F2O8.B6/c1-24(12-4-10-3-11(6-12)7-13(24)5-10)35-22(30)18-15-8-14-17(18)21(29)34-20(14)19(15)33-16(28)9-32-23(31)25(2,26)27;1-5(2)6(3)4/h10-15,17-20H,3-9H2,1-2H3;. The Morgan fingerprint density at radius 3 is 2.05 bits per heavy atom. The van der Waals surface area contributed by atoms with Gasteiger partial charge < -0.3 is 18.9 Å². The Bertz CT molecular complexity index is 1050. The summed E-state index contributed by atoms with van der Waals surface area (Å²) < 4.78 is 47.5. The molecule has 0 aromatic heterocycles. The molecule has 7 fully saturated rings. The van der Waals surface area contributed by atoms with Crippen molar-refractivity contribution in [2.45, 2.75) is 76.1 Å². The van der Waals surface area contributed by atoms with Gasteiger partial charge >= 0.3 is 29.8 Å². The van der Waals surface area contributed by atoms with Crippen LogP contribution in [0.5, 0.6) is 0 Å². The molecule has 41 heavy (non-hydrogen) atoms. The predicted octanol–water partition coefficient (Wildman–Crippen LogP) is 0.377. The lowest BCUT2D eigenvalue weighted by molar-refractivity contribution is -0.211. The lowest BCUT2D eigenvalue weighted by Gasteiger charge is -2.59. The van der Waals surface area contributed by atoms with E-state index < -0.39 is 84.7 Å². The number of ether oxygens (including phenoxy) is 4. The van der Waals surface area contributed by atoms with Crippen molar-refractivity contribution in [2.75, 3.05) is 6.61 Å². The molecule has 6 aliphatic carbocycles. The third kappa shape index (κ3) is 5.62. The third-order valence-corrected chi connectivity index (χ3v) is 10.3. The Morgan fingerprint density at radius 2 is 1.54 bits per heavy atom. The van der Waals surface area contributed by atoms with E-state index in [9.17, 15) is 28.0 Å². The van der Waals surface area contributed by atoms with Gasteiger partial charge in [0.15, 0.2) is 6.61 Å². The maximum Gasteiger partial charge on any atom is 0.377 e. The minimum atomic E-state index is -3.73. The molecular formula is C25H30B6F2O8. The van der Waals surface area contributed by atoms with Gasteiger partial charge in [-0.25, -0.2) is 9.59 Å². The van der Waals surface area contributed by atoms with Gasteiger partial charge in [-0.15, -0.1) is 0 Å². The quantitative estimate of drug-likeness (QED) is 0.250. The van der Waals surface area contributed by atoms with E-state index in [1.54, 1.807) is 0 Å². The number of fused-ring (bicyclic) bond motifs is 1. The highest BCUT2D eigenvalue weighted by Crippen LogP contribution is 2.62. The first-order chi connectivity index (χ1) is 19.1. The van der Waals surface area contributed by atoms with Crippen LogP contribution in [0.2, 0.25) is 0 Å². The Morgan fingerprint density at radius 1 is 0.976 bits per heavy atom. The van der Waals surface area contributed by atoms with E-state index in [0.717, 1.165) is 25.7 Å². The Labute approximate surface area is 244 Å². The minimum Gasteiger partial charge on any atom is -0.459 e. The molecular weight excluding hydrogens is 531 g/mol. The normalized spacial score (nSPS) is 40.7. The summed E-state index contributed by atoms with van der Waals surface area (Å²) >= 11 is 0. The van der Waals surface area contributed by atoms with Crippen LogP contribution in [0, 0.1) is 47.3 Å². The number of carbonyl (C=O) groups excluding carboxylic acids is 4. The molecule has 6 saturated carbocycles. The number of halogens is 2. The molecule has 6 unspecified atom stereocenters. The van der Waals surface area contributed by atoms with E-state index in [4.69, 9.17) is 45.2 Å². The third-order valence-electron chi connectivity index (χ3n) is 10.3. The van der Waals surface area contributed by atoms with Crippen LogP contribution < -0.4 is 0 Å². The second kappa shape index (κ2) is 11.0. The summed E-state index contributed by atoms with van der Waals surface area (Å²) in [7, 11) is 19.9. The van der Waals surface area contributed by atoms with E-state index in [2.05, 4.69) is 4.74 Å². The van der Waals surface area contributed by atoms with Crippen LogP contribution in [-0.2, 0) is 38.1 Å². The summed E-state index contributed by atoms with van der Waals surface area (Å²) in [4.78, 5) is 49.8. The number of hydrogen-bond donors (Lipinski definition) is 0. The van der Waals surface area contributed by atoms with Crippen LogP contribution in [0.25, 0.3) is 0 Å². The highest BCUT2D eigenvalue weighted by atomic mass is 19.3. The molecule has 6 atom stereocenters. The Hall–Kier alpha value is -1.87. The zero-order chi connectivity index (χ0) is 30.0. The molecule has 1 saturated heterocycles. The molecule has 1 aliphatic heterocycles. The molecule has 210 valence electrons. The van der Waals surface area contributed by atoms with Crippen LogP contribution in [0.1, 0.15) is 52.4 Å². The van der Waals surface area contributed by atoms with Crippen molar-refractivity contribution in [1.82, 2.24) is 0 Å². The first-order valence-electron chi connectivity index (χ1n) is 14.3. The second-order valence-corrected chi connectivity index (χ2v) is 13.0. The summed E-state index contributed by atoms with van der Waals surface area (Å²) in [6.45, 7) is 1.42. The first kappa shape index (κ1) is 30.6. The van der Waals surface area contributed by atoms with Gasteiger partial charge in [0.2, 0.25) is 0 Å². The van der Waals surface area contributed by atoms with Crippen molar-refractivity contribution >= 4 is 67.6 Å². The Kier molecular flexibility index (Phi) is 8.20. The number of alkyl halides is 2. The number of rotatable bonds is 7. The molecule has 7 rings (SSSR count). The zero-order valence-corrected chi connectivity index (χ0v) is 23.2. The van der Waals surface area contributed by atoms with E-state index in [-0.39, 0.29) is 5.92 Å². The monoisotopic (exact) mass is 562 g/mol. The van der Waals surface area contributed by atoms with E-state index >= 15 is 0 Å². The van der Waals surface area contributed by atoms with E-state index in [0.29, 0.717) is 37.0 Å². The van der Waals surface area contributed by atoms with Crippen molar-refractivity contribution in [3.63, 3.8) is 0 Å². The van der Waals surface area contributed by atoms with Crippen molar-refractivity contribution in [1.29, 1.82) is 0 Å². The van der Waals surface area contributed by atoms with Crippen molar-refractivity contribution < 1.29 is 46.9 Å². The highest BCUT2D eigenvalue weighted by molar-refractivity contribution is 7.76. The average Bonchev–Trinajstić information content (AvgIpc) is 3.49. The van der Waals surface area contributed by atoms with Crippen LogP contribution in [0.3, 0.4) is 0 Å². The highest BCUT2D eigenvalue weighted by Gasteiger charge is 2.71. The molecule has 6 bridgehead atoms. The van der Waals surface area contributed by atoms with Gasteiger partial charge in [-0.3, -0.25) is 9.59 Å². The van der Waals surface area contributed by atoms with Crippen LogP contribution in [-0.4, -0.2) is 97.9 Å². The fourth-order valence-corrected chi connectivity index (χ4v) is 8.48. The molecule has 0 aromatic rings. The predicted molar refractivity (Wildman–Crippen MR) is 146 cm³/mol. The minimum absolute atomic E-state index is 0.267. The molecule has 0 amide bonds. The molecule has 8 nitrogen and oxygen atoms in total. The molecule has 1 heterocycles. The fourth-order valence-electron chi connectivity index (χ4n) is 8.48. The van der Waals surface area contributed by atoms with Gasteiger partial charge in [-0.05, 0) is 69.1 Å². The van der Waals surface area contributed by atoms with Gasteiger partial charge in [-0.2, -0.15) is 8.78 Å². The molecule has 0 spiro atoms. The lowest BCUT2D eigenvalue weighted by atomic mass is 8.81. The Balaban J connectivity index is 0.000000511. The van der Waals surface area contributed by atoms with Gasteiger partial charge in [0, 0.05) is 62.5 Å². The van der Waals surface area contributed by atoms with Crippen LogP contribution in [0.4, 0.5) is 8.78 Å². The summed E-state index contributed by atoms with van der Waals surface area (Å²) in [5.74, 6) is -7.59. The van der Waals surface area contributed by atoms with Crippen LogP contribution in [0.15, 0.2) is 0 Å². The largest absolute Gasteiger partial charge is 0.459 e. The number of esters is 4. The number of hydrogen-bond acceptors (Lipinski definition) is 8. The lowest BCUT2D eigenvalue weighted by Crippen LogP contribution is -2.59. The second-order valence-electron chi connectivity index (χ2n) is 13.0. The van der Waals surface area contributed by atoms with E-state index in [1.807, 2.05) is 6.92 Å². The molecule has 0 aromatic carbocycles. The van der Waals surface area contributed by atoms with Crippen molar-refractivity contribution in [2.24, 2.45) is 47.3 Å². The maximum absolute atomic E-state index is 13.6. The van der Waals surface area contributed by atoms with Crippen molar-refractivity contribution in [3.05, 3.63) is 0 Å². The molecule has 16 heteroatoms.